The van der Waals surface area contributed by atoms with Gasteiger partial charge in [-0.25, -0.2) is 4.98 Å². The third-order valence-electron chi connectivity index (χ3n) is 3.06. The van der Waals surface area contributed by atoms with Crippen molar-refractivity contribution in [2.75, 3.05) is 13.2 Å². The molecule has 0 atom stereocenters. The van der Waals surface area contributed by atoms with Gasteiger partial charge in [-0.3, -0.25) is 14.1 Å². The summed E-state index contributed by atoms with van der Waals surface area (Å²) in [6, 6.07) is 1.95. The van der Waals surface area contributed by atoms with Gasteiger partial charge in [0, 0.05) is 43.4 Å². The average molecular weight is 281 g/mol. The van der Waals surface area contributed by atoms with Crippen LogP contribution in [0.1, 0.15) is 26.0 Å². The molecule has 0 saturated heterocycles. The minimum Gasteiger partial charge on any atom is -0.396 e. The van der Waals surface area contributed by atoms with Crippen LogP contribution >= 0.6 is 11.3 Å². The van der Waals surface area contributed by atoms with Gasteiger partial charge in [-0.1, -0.05) is 0 Å². The standard InChI is InChI=1S/C13H19N3O2S/c1-10(2)15(4-3-6-17)9-11-8-12(18)16-5-7-19-13(16)14-11/h5,7-8,10,17H,3-4,6,9H2,1-2H3. The SMILES string of the molecule is CC(C)N(CCCO)Cc1cc(=O)n2ccsc2n1. The van der Waals surface area contributed by atoms with Crippen molar-refractivity contribution >= 4 is 16.3 Å². The Balaban J connectivity index is 2.20. The van der Waals surface area contributed by atoms with Gasteiger partial charge in [0.25, 0.3) is 5.56 Å². The largest absolute Gasteiger partial charge is 0.396 e. The molecular formula is C13H19N3O2S. The van der Waals surface area contributed by atoms with Crippen LogP contribution in [0.4, 0.5) is 0 Å². The maximum absolute atomic E-state index is 11.9. The molecule has 0 amide bonds. The zero-order valence-corrected chi connectivity index (χ0v) is 12.1. The number of hydrogen-bond donors (Lipinski definition) is 1. The summed E-state index contributed by atoms with van der Waals surface area (Å²) in [4.78, 5) is 19.3. The van der Waals surface area contributed by atoms with E-state index in [4.69, 9.17) is 5.11 Å². The lowest BCUT2D eigenvalue weighted by Gasteiger charge is -2.25. The van der Waals surface area contributed by atoms with E-state index in [0.29, 0.717) is 12.6 Å². The molecule has 0 aliphatic rings. The van der Waals surface area contributed by atoms with Gasteiger partial charge in [0.1, 0.15) is 0 Å². The third kappa shape index (κ3) is 3.40. The Morgan fingerprint density at radius 3 is 3.00 bits per heavy atom. The predicted octanol–water partition coefficient (Wildman–Crippen LogP) is 1.35. The summed E-state index contributed by atoms with van der Waals surface area (Å²) < 4.78 is 1.56. The molecule has 2 aromatic heterocycles. The van der Waals surface area contributed by atoms with Gasteiger partial charge in [-0.15, -0.1) is 11.3 Å². The maximum Gasteiger partial charge on any atom is 0.258 e. The highest BCUT2D eigenvalue weighted by Crippen LogP contribution is 2.10. The first-order valence-electron chi connectivity index (χ1n) is 6.42. The number of rotatable bonds is 6. The van der Waals surface area contributed by atoms with E-state index in [2.05, 4.69) is 23.7 Å². The number of nitrogens with zero attached hydrogens (tertiary/aromatic N) is 3. The van der Waals surface area contributed by atoms with Crippen LogP contribution in [0.3, 0.4) is 0 Å². The van der Waals surface area contributed by atoms with Gasteiger partial charge in [0.15, 0.2) is 4.96 Å². The second-order valence-electron chi connectivity index (χ2n) is 4.78. The molecule has 19 heavy (non-hydrogen) atoms. The highest BCUT2D eigenvalue weighted by atomic mass is 32.1. The smallest absolute Gasteiger partial charge is 0.258 e. The van der Waals surface area contributed by atoms with Crippen molar-refractivity contribution in [2.45, 2.75) is 32.9 Å². The minimum atomic E-state index is -0.0351. The first kappa shape index (κ1) is 14.2. The number of aliphatic hydroxyl groups excluding tert-OH is 1. The molecule has 2 aromatic rings. The molecule has 0 unspecified atom stereocenters. The van der Waals surface area contributed by atoms with Crippen molar-refractivity contribution in [3.63, 3.8) is 0 Å². The normalized spacial score (nSPS) is 11.8. The summed E-state index contributed by atoms with van der Waals surface area (Å²) in [5.41, 5.74) is 0.756. The van der Waals surface area contributed by atoms with Crippen LogP contribution in [-0.4, -0.2) is 38.6 Å². The van der Waals surface area contributed by atoms with Crippen molar-refractivity contribution in [2.24, 2.45) is 0 Å². The Morgan fingerprint density at radius 2 is 2.32 bits per heavy atom. The summed E-state index contributed by atoms with van der Waals surface area (Å²) in [5.74, 6) is 0. The molecule has 0 saturated carbocycles. The first-order valence-corrected chi connectivity index (χ1v) is 7.30. The van der Waals surface area contributed by atoms with Gasteiger partial charge in [-0.2, -0.15) is 0 Å². The average Bonchev–Trinajstić information content (AvgIpc) is 2.82. The molecular weight excluding hydrogens is 262 g/mol. The first-order chi connectivity index (χ1) is 9.11. The fourth-order valence-electron chi connectivity index (χ4n) is 1.97. The number of aromatic nitrogens is 2. The van der Waals surface area contributed by atoms with Gasteiger partial charge in [0.05, 0.1) is 5.69 Å². The number of hydrogen-bond acceptors (Lipinski definition) is 5. The Bertz CT molecular complexity index is 591. The van der Waals surface area contributed by atoms with Crippen LogP contribution in [0.15, 0.2) is 22.4 Å². The third-order valence-corrected chi connectivity index (χ3v) is 3.81. The number of fused-ring (bicyclic) bond motifs is 1. The van der Waals surface area contributed by atoms with Crippen LogP contribution in [0.25, 0.3) is 4.96 Å². The van der Waals surface area contributed by atoms with Crippen molar-refractivity contribution in [3.8, 4) is 0 Å². The topological polar surface area (TPSA) is 57.8 Å². The molecule has 1 N–H and O–H groups in total. The molecule has 0 aliphatic carbocycles. The molecule has 0 radical (unpaired) electrons. The van der Waals surface area contributed by atoms with Crippen LogP contribution < -0.4 is 5.56 Å². The zero-order chi connectivity index (χ0) is 13.8. The van der Waals surface area contributed by atoms with E-state index < -0.39 is 0 Å². The van der Waals surface area contributed by atoms with Gasteiger partial charge < -0.3 is 5.11 Å². The van der Waals surface area contributed by atoms with Gasteiger partial charge in [0.2, 0.25) is 0 Å². The molecule has 0 fully saturated rings. The molecule has 2 rings (SSSR count). The molecule has 0 aromatic carbocycles. The second-order valence-corrected chi connectivity index (χ2v) is 5.66. The molecule has 6 heteroatoms. The Kier molecular flexibility index (Phi) is 4.68. The summed E-state index contributed by atoms with van der Waals surface area (Å²) in [6.45, 7) is 5.84. The van der Waals surface area contributed by atoms with E-state index >= 15 is 0 Å². The molecule has 104 valence electrons. The highest BCUT2D eigenvalue weighted by Gasteiger charge is 2.12. The lowest BCUT2D eigenvalue weighted by molar-refractivity contribution is 0.183. The fraction of sp³-hybridized carbons (Fsp3) is 0.538. The predicted molar refractivity (Wildman–Crippen MR) is 76.6 cm³/mol. The van der Waals surface area contributed by atoms with Crippen molar-refractivity contribution in [1.29, 1.82) is 0 Å². The maximum atomic E-state index is 11.9. The monoisotopic (exact) mass is 281 g/mol. The minimum absolute atomic E-state index is 0.0351. The summed E-state index contributed by atoms with van der Waals surface area (Å²) in [7, 11) is 0. The highest BCUT2D eigenvalue weighted by molar-refractivity contribution is 7.15. The van der Waals surface area contributed by atoms with E-state index in [1.807, 2.05) is 5.38 Å². The Labute approximate surface area is 116 Å². The second kappa shape index (κ2) is 6.27. The van der Waals surface area contributed by atoms with E-state index in [0.717, 1.165) is 23.6 Å². The van der Waals surface area contributed by atoms with E-state index in [1.165, 1.54) is 11.3 Å². The fourth-order valence-corrected chi connectivity index (χ4v) is 2.71. The lowest BCUT2D eigenvalue weighted by Crippen LogP contribution is -2.32. The van der Waals surface area contributed by atoms with Crippen LogP contribution in [0.2, 0.25) is 0 Å². The summed E-state index contributed by atoms with van der Waals surface area (Å²) in [6.07, 6.45) is 2.48. The van der Waals surface area contributed by atoms with Crippen LogP contribution in [0.5, 0.6) is 0 Å². The van der Waals surface area contributed by atoms with Crippen LogP contribution in [-0.2, 0) is 6.54 Å². The van der Waals surface area contributed by atoms with E-state index in [1.54, 1.807) is 16.7 Å². The van der Waals surface area contributed by atoms with Gasteiger partial charge >= 0.3 is 0 Å². The van der Waals surface area contributed by atoms with Crippen molar-refractivity contribution < 1.29 is 5.11 Å². The van der Waals surface area contributed by atoms with E-state index in [9.17, 15) is 4.79 Å². The van der Waals surface area contributed by atoms with Crippen molar-refractivity contribution in [1.82, 2.24) is 14.3 Å². The molecule has 0 aliphatic heterocycles. The Hall–Kier alpha value is -1.24. The van der Waals surface area contributed by atoms with Crippen LogP contribution in [0, 0.1) is 0 Å². The summed E-state index contributed by atoms with van der Waals surface area (Å²) in [5, 5.41) is 10.8. The molecule has 0 bridgehead atoms. The van der Waals surface area contributed by atoms with Crippen molar-refractivity contribution in [3.05, 3.63) is 33.7 Å². The van der Waals surface area contributed by atoms with E-state index in [-0.39, 0.29) is 12.2 Å². The zero-order valence-electron chi connectivity index (χ0n) is 11.2. The quantitative estimate of drug-likeness (QED) is 0.868. The number of thiazole rings is 1. The lowest BCUT2D eigenvalue weighted by atomic mass is 10.2. The molecule has 0 spiro atoms. The summed E-state index contributed by atoms with van der Waals surface area (Å²) >= 11 is 1.46. The molecule has 2 heterocycles. The van der Waals surface area contributed by atoms with Gasteiger partial charge in [-0.05, 0) is 20.3 Å². The molecule has 5 nitrogen and oxygen atoms in total. The number of aliphatic hydroxyl groups is 1. The Morgan fingerprint density at radius 1 is 1.53 bits per heavy atom.